The lowest BCUT2D eigenvalue weighted by Gasteiger charge is -2.09. The van der Waals surface area contributed by atoms with Crippen molar-refractivity contribution in [2.45, 2.75) is 6.92 Å². The lowest BCUT2D eigenvalue weighted by Crippen LogP contribution is -1.96. The predicted octanol–water partition coefficient (Wildman–Crippen LogP) is 4.51. The lowest BCUT2D eigenvalue weighted by molar-refractivity contribution is -0.385. The molecule has 0 spiro atoms. The number of hydrogen-bond donors (Lipinski definition) is 0. The van der Waals surface area contributed by atoms with Gasteiger partial charge in [0.2, 0.25) is 5.88 Å². The molecule has 0 aliphatic carbocycles. The van der Waals surface area contributed by atoms with Crippen LogP contribution in [0.5, 0.6) is 11.6 Å². The summed E-state index contributed by atoms with van der Waals surface area (Å²) < 4.78 is 6.24. The van der Waals surface area contributed by atoms with Crippen LogP contribution in [0.2, 0.25) is 5.02 Å². The van der Waals surface area contributed by atoms with Gasteiger partial charge in [-0.25, -0.2) is 4.98 Å². The van der Waals surface area contributed by atoms with Gasteiger partial charge in [0.05, 0.1) is 10.5 Å². The van der Waals surface area contributed by atoms with Gasteiger partial charge in [0, 0.05) is 16.7 Å². The van der Waals surface area contributed by atoms with Gasteiger partial charge in [0.15, 0.2) is 0 Å². The molecule has 0 radical (unpaired) electrons. The van der Waals surface area contributed by atoms with Crippen LogP contribution >= 0.6 is 27.5 Å². The van der Waals surface area contributed by atoms with Crippen molar-refractivity contribution < 1.29 is 9.66 Å². The predicted molar refractivity (Wildman–Crippen MR) is 74.9 cm³/mol. The van der Waals surface area contributed by atoms with Crippen molar-refractivity contribution >= 4 is 33.2 Å². The largest absolute Gasteiger partial charge is 0.437 e. The normalized spacial score (nSPS) is 10.3. The first-order valence-corrected chi connectivity index (χ1v) is 6.39. The van der Waals surface area contributed by atoms with Gasteiger partial charge in [0.25, 0.3) is 5.69 Å². The molecular formula is C12H8BrClN2O3. The fraction of sp³-hybridized carbons (Fsp3) is 0.0833. The van der Waals surface area contributed by atoms with E-state index in [9.17, 15) is 10.1 Å². The van der Waals surface area contributed by atoms with Crippen LogP contribution in [0.3, 0.4) is 0 Å². The number of pyridine rings is 1. The van der Waals surface area contributed by atoms with Crippen LogP contribution in [0.4, 0.5) is 5.69 Å². The highest BCUT2D eigenvalue weighted by molar-refractivity contribution is 9.10. The Bertz CT molecular complexity index is 649. The zero-order chi connectivity index (χ0) is 14.0. The van der Waals surface area contributed by atoms with Crippen molar-refractivity contribution in [1.82, 2.24) is 4.98 Å². The van der Waals surface area contributed by atoms with Gasteiger partial charge in [-0.05, 0) is 35.0 Å². The van der Waals surface area contributed by atoms with Crippen molar-refractivity contribution in [1.29, 1.82) is 0 Å². The van der Waals surface area contributed by atoms with Crippen molar-refractivity contribution in [3.8, 4) is 11.6 Å². The van der Waals surface area contributed by atoms with Crippen LogP contribution in [0.1, 0.15) is 5.56 Å². The SMILES string of the molecule is Cc1c(Oc2ncc(Br)cc2Cl)cccc1[N+](=O)[O-]. The van der Waals surface area contributed by atoms with Crippen LogP contribution < -0.4 is 4.74 Å². The van der Waals surface area contributed by atoms with Crippen LogP contribution in [0.25, 0.3) is 0 Å². The van der Waals surface area contributed by atoms with Crippen molar-refractivity contribution in [2.75, 3.05) is 0 Å². The quantitative estimate of drug-likeness (QED) is 0.607. The average molecular weight is 344 g/mol. The monoisotopic (exact) mass is 342 g/mol. The van der Waals surface area contributed by atoms with Gasteiger partial charge in [-0.15, -0.1) is 0 Å². The Labute approximate surface area is 122 Å². The smallest absolute Gasteiger partial charge is 0.276 e. The molecule has 1 aromatic heterocycles. The maximum absolute atomic E-state index is 10.8. The summed E-state index contributed by atoms with van der Waals surface area (Å²) in [6, 6.07) is 6.23. The van der Waals surface area contributed by atoms with E-state index in [1.165, 1.54) is 12.3 Å². The Morgan fingerprint density at radius 2 is 2.21 bits per heavy atom. The molecule has 0 unspecified atom stereocenters. The molecule has 19 heavy (non-hydrogen) atoms. The molecule has 7 heteroatoms. The fourth-order valence-corrected chi connectivity index (χ4v) is 2.16. The molecule has 1 heterocycles. The average Bonchev–Trinajstić information content (AvgIpc) is 2.34. The maximum atomic E-state index is 10.8. The first-order valence-electron chi connectivity index (χ1n) is 5.22. The molecule has 98 valence electrons. The molecule has 0 atom stereocenters. The minimum atomic E-state index is -0.460. The van der Waals surface area contributed by atoms with E-state index in [1.807, 2.05) is 0 Å². The van der Waals surface area contributed by atoms with Gasteiger partial charge < -0.3 is 4.74 Å². The van der Waals surface area contributed by atoms with E-state index < -0.39 is 4.92 Å². The molecule has 0 bridgehead atoms. The molecular weight excluding hydrogens is 336 g/mol. The summed E-state index contributed by atoms with van der Waals surface area (Å²) in [4.78, 5) is 14.4. The third-order valence-corrected chi connectivity index (χ3v) is 3.14. The van der Waals surface area contributed by atoms with Gasteiger partial charge in [-0.2, -0.15) is 0 Å². The standard InChI is InChI=1S/C12H8BrClN2O3/c1-7-10(16(17)18)3-2-4-11(7)19-12-9(14)5-8(13)6-15-12/h2-6H,1H3. The van der Waals surface area contributed by atoms with Crippen LogP contribution in [-0.2, 0) is 0 Å². The van der Waals surface area contributed by atoms with Gasteiger partial charge in [0.1, 0.15) is 10.8 Å². The summed E-state index contributed by atoms with van der Waals surface area (Å²) in [5, 5.41) is 11.2. The minimum Gasteiger partial charge on any atom is -0.437 e. The highest BCUT2D eigenvalue weighted by Crippen LogP contribution is 2.33. The molecule has 2 aromatic rings. The van der Waals surface area contributed by atoms with Crippen molar-refractivity contribution in [3.05, 3.63) is 55.6 Å². The van der Waals surface area contributed by atoms with Gasteiger partial charge in [-0.1, -0.05) is 17.7 Å². The second kappa shape index (κ2) is 5.54. The summed E-state index contributed by atoms with van der Waals surface area (Å²) >= 11 is 9.22. The minimum absolute atomic E-state index is 0.00858. The summed E-state index contributed by atoms with van der Waals surface area (Å²) in [5.74, 6) is 0.555. The first kappa shape index (κ1) is 13.8. The number of nitro benzene ring substituents is 1. The number of nitrogens with zero attached hydrogens (tertiary/aromatic N) is 2. The van der Waals surface area contributed by atoms with Crippen LogP contribution in [0.15, 0.2) is 34.9 Å². The first-order chi connectivity index (χ1) is 8.99. The molecule has 1 aromatic carbocycles. The number of benzene rings is 1. The van der Waals surface area contributed by atoms with E-state index in [1.54, 1.807) is 25.1 Å². The number of rotatable bonds is 3. The number of hydrogen-bond acceptors (Lipinski definition) is 4. The Morgan fingerprint density at radius 1 is 1.47 bits per heavy atom. The van der Waals surface area contributed by atoms with Crippen LogP contribution in [-0.4, -0.2) is 9.91 Å². The van der Waals surface area contributed by atoms with Gasteiger partial charge >= 0.3 is 0 Å². The highest BCUT2D eigenvalue weighted by Gasteiger charge is 2.16. The Balaban J connectivity index is 2.38. The number of ether oxygens (including phenoxy) is 1. The van der Waals surface area contributed by atoms with E-state index in [0.29, 0.717) is 16.3 Å². The molecule has 0 aliphatic heterocycles. The van der Waals surface area contributed by atoms with E-state index >= 15 is 0 Å². The number of nitro groups is 1. The topological polar surface area (TPSA) is 65.3 Å². The maximum Gasteiger partial charge on any atom is 0.276 e. The Hall–Kier alpha value is -1.66. The molecule has 0 saturated heterocycles. The fourth-order valence-electron chi connectivity index (χ4n) is 1.49. The van der Waals surface area contributed by atoms with E-state index in [0.717, 1.165) is 4.47 Å². The van der Waals surface area contributed by atoms with Crippen molar-refractivity contribution in [2.24, 2.45) is 0 Å². The molecule has 0 saturated carbocycles. The molecule has 0 aliphatic rings. The van der Waals surface area contributed by atoms with E-state index in [2.05, 4.69) is 20.9 Å². The van der Waals surface area contributed by atoms with Gasteiger partial charge in [-0.3, -0.25) is 10.1 Å². The molecule has 0 N–H and O–H groups in total. The second-order valence-corrected chi connectivity index (χ2v) is 5.02. The number of aromatic nitrogens is 1. The Kier molecular flexibility index (Phi) is 4.01. The second-order valence-electron chi connectivity index (χ2n) is 3.70. The Morgan fingerprint density at radius 3 is 2.84 bits per heavy atom. The van der Waals surface area contributed by atoms with E-state index in [4.69, 9.17) is 16.3 Å². The number of halogens is 2. The molecule has 0 amide bonds. The lowest BCUT2D eigenvalue weighted by atomic mass is 10.2. The van der Waals surface area contributed by atoms with Crippen molar-refractivity contribution in [3.63, 3.8) is 0 Å². The van der Waals surface area contributed by atoms with Crippen LogP contribution in [0, 0.1) is 17.0 Å². The zero-order valence-electron chi connectivity index (χ0n) is 9.76. The summed E-state index contributed by atoms with van der Waals surface area (Å²) in [5.41, 5.74) is 0.416. The van der Waals surface area contributed by atoms with E-state index in [-0.39, 0.29) is 11.6 Å². The summed E-state index contributed by atoms with van der Waals surface area (Å²) in [6.07, 6.45) is 1.54. The molecule has 2 rings (SSSR count). The molecule has 5 nitrogen and oxygen atoms in total. The third kappa shape index (κ3) is 3.02. The summed E-state index contributed by atoms with van der Waals surface area (Å²) in [7, 11) is 0. The molecule has 0 fully saturated rings. The summed E-state index contributed by atoms with van der Waals surface area (Å²) in [6.45, 7) is 1.61. The zero-order valence-corrected chi connectivity index (χ0v) is 12.1. The third-order valence-electron chi connectivity index (χ3n) is 2.43. The highest BCUT2D eigenvalue weighted by atomic mass is 79.9.